The zero-order valence-corrected chi connectivity index (χ0v) is 40.5. The number of carbonyl (C=O) groups excluding carboxylic acids is 1. The maximum atomic E-state index is 12.5. The first-order chi connectivity index (χ1) is 29.5. The molecule has 0 aliphatic rings. The van der Waals surface area contributed by atoms with Gasteiger partial charge in [-0.15, -0.1) is 0 Å². The molecule has 0 aliphatic carbocycles. The molecule has 0 aromatic heterocycles. The van der Waals surface area contributed by atoms with Crippen molar-refractivity contribution in [2.24, 2.45) is 0 Å². The van der Waals surface area contributed by atoms with Crippen molar-refractivity contribution in [2.75, 3.05) is 6.61 Å². The highest BCUT2D eigenvalue weighted by atomic mass is 16.3. The summed E-state index contributed by atoms with van der Waals surface area (Å²) in [7, 11) is 0. The Morgan fingerprint density at radius 3 is 1.00 bits per heavy atom. The predicted octanol–water partition coefficient (Wildman–Crippen LogP) is 15.3. The van der Waals surface area contributed by atoms with Crippen LogP contribution in [0.5, 0.6) is 0 Å². The van der Waals surface area contributed by atoms with Gasteiger partial charge >= 0.3 is 0 Å². The van der Waals surface area contributed by atoms with Crippen molar-refractivity contribution in [3.05, 3.63) is 12.2 Å². The Labute approximate surface area is 374 Å². The highest BCUT2D eigenvalue weighted by Gasteiger charge is 2.28. The Morgan fingerprint density at radius 1 is 0.400 bits per heavy atom. The molecule has 0 spiro atoms. The summed E-state index contributed by atoms with van der Waals surface area (Å²) < 4.78 is 0. The van der Waals surface area contributed by atoms with Gasteiger partial charge in [0, 0.05) is 0 Å². The fraction of sp³-hybridized carbons (Fsp3) is 0.944. The highest BCUT2D eigenvalue weighted by molar-refractivity contribution is 5.80. The van der Waals surface area contributed by atoms with E-state index in [2.05, 4.69) is 31.3 Å². The second-order valence-electron chi connectivity index (χ2n) is 18.9. The van der Waals surface area contributed by atoms with Gasteiger partial charge in [0.1, 0.15) is 12.2 Å². The molecule has 6 heteroatoms. The molecule has 0 aliphatic heterocycles. The molecule has 1 amide bonds. The minimum atomic E-state index is -1.28. The van der Waals surface area contributed by atoms with Crippen molar-refractivity contribution in [3.63, 3.8) is 0 Å². The predicted molar refractivity (Wildman–Crippen MR) is 261 cm³/mol. The number of hydrogen-bond donors (Lipinski definition) is 5. The van der Waals surface area contributed by atoms with Gasteiger partial charge in [-0.25, -0.2) is 0 Å². The zero-order chi connectivity index (χ0) is 43.8. The SMILES string of the molecule is CCCCCCCCCC/C=C/CCCC(O)C(O)C(CO)NC(=O)C(O)CCCCCCCCCCCCCCCCCCCCCCCCCCCCCCCCC. The van der Waals surface area contributed by atoms with E-state index in [1.807, 2.05) is 0 Å². The molecule has 0 bridgehead atoms. The van der Waals surface area contributed by atoms with E-state index in [-0.39, 0.29) is 0 Å². The van der Waals surface area contributed by atoms with E-state index in [4.69, 9.17) is 0 Å². The van der Waals surface area contributed by atoms with E-state index in [1.54, 1.807) is 0 Å². The number of hydrogen-bond acceptors (Lipinski definition) is 5. The van der Waals surface area contributed by atoms with Gasteiger partial charge in [0.15, 0.2) is 0 Å². The summed E-state index contributed by atoms with van der Waals surface area (Å²) in [5.41, 5.74) is 0. The summed E-state index contributed by atoms with van der Waals surface area (Å²) >= 11 is 0. The topological polar surface area (TPSA) is 110 Å². The van der Waals surface area contributed by atoms with Crippen LogP contribution in [0.2, 0.25) is 0 Å². The van der Waals surface area contributed by atoms with Gasteiger partial charge in [-0.1, -0.05) is 270 Å². The molecular formula is C54H107NO5. The van der Waals surface area contributed by atoms with Crippen LogP contribution in [0.1, 0.15) is 296 Å². The third kappa shape index (κ3) is 42.4. The van der Waals surface area contributed by atoms with Gasteiger partial charge in [0.2, 0.25) is 5.91 Å². The van der Waals surface area contributed by atoms with Crippen LogP contribution in [0.4, 0.5) is 0 Å². The number of aliphatic hydroxyl groups excluding tert-OH is 4. The summed E-state index contributed by atoms with van der Waals surface area (Å²) in [4.78, 5) is 12.5. The first kappa shape index (κ1) is 59.0. The normalized spacial score (nSPS) is 13.9. The fourth-order valence-corrected chi connectivity index (χ4v) is 8.70. The molecule has 0 aromatic carbocycles. The lowest BCUT2D eigenvalue weighted by Crippen LogP contribution is -2.53. The Hall–Kier alpha value is -0.950. The Kier molecular flexibility index (Phi) is 48.3. The van der Waals surface area contributed by atoms with Crippen molar-refractivity contribution in [2.45, 2.75) is 321 Å². The first-order valence-electron chi connectivity index (χ1n) is 27.1. The lowest BCUT2D eigenvalue weighted by Gasteiger charge is -2.27. The molecule has 0 saturated carbocycles. The van der Waals surface area contributed by atoms with E-state index >= 15 is 0 Å². The standard InChI is InChI=1S/C54H107NO5/c1-3-5-7-9-11-13-15-17-18-19-20-21-22-23-24-25-26-27-28-29-30-31-32-33-34-36-38-40-42-44-46-48-52(58)54(60)55-50(49-56)53(59)51(57)47-45-43-41-39-37-35-16-14-12-10-8-6-4-2/h39,41,50-53,56-59H,3-38,40,42-49H2,1-2H3,(H,55,60)/b41-39+. The summed E-state index contributed by atoms with van der Waals surface area (Å²) in [6.45, 7) is 4.06. The molecule has 4 unspecified atom stereocenters. The van der Waals surface area contributed by atoms with Gasteiger partial charge in [0.25, 0.3) is 0 Å². The largest absolute Gasteiger partial charge is 0.394 e. The van der Waals surface area contributed by atoms with Crippen molar-refractivity contribution in [3.8, 4) is 0 Å². The van der Waals surface area contributed by atoms with Crippen LogP contribution < -0.4 is 5.32 Å². The monoisotopic (exact) mass is 850 g/mol. The van der Waals surface area contributed by atoms with Crippen LogP contribution in [0.15, 0.2) is 12.2 Å². The van der Waals surface area contributed by atoms with Crippen LogP contribution in [-0.2, 0) is 4.79 Å². The second-order valence-corrected chi connectivity index (χ2v) is 18.9. The Bertz CT molecular complexity index is 867. The summed E-state index contributed by atoms with van der Waals surface area (Å²) in [6, 6.07) is -0.997. The van der Waals surface area contributed by atoms with Crippen molar-refractivity contribution >= 4 is 5.91 Å². The summed E-state index contributed by atoms with van der Waals surface area (Å²) in [5.74, 6) is -0.588. The van der Waals surface area contributed by atoms with Gasteiger partial charge in [-0.05, 0) is 38.5 Å². The lowest BCUT2D eigenvalue weighted by molar-refractivity contribution is -0.132. The minimum Gasteiger partial charge on any atom is -0.394 e. The zero-order valence-electron chi connectivity index (χ0n) is 40.5. The molecule has 358 valence electrons. The molecule has 60 heavy (non-hydrogen) atoms. The smallest absolute Gasteiger partial charge is 0.249 e. The number of nitrogens with one attached hydrogen (secondary N) is 1. The molecular weight excluding hydrogens is 743 g/mol. The van der Waals surface area contributed by atoms with Gasteiger partial charge in [0.05, 0.1) is 18.8 Å². The third-order valence-corrected chi connectivity index (χ3v) is 13.0. The van der Waals surface area contributed by atoms with E-state index in [9.17, 15) is 25.2 Å². The van der Waals surface area contributed by atoms with Gasteiger partial charge in [-0.2, -0.15) is 0 Å². The quantitative estimate of drug-likeness (QED) is 0.0309. The van der Waals surface area contributed by atoms with E-state index in [0.29, 0.717) is 12.8 Å². The van der Waals surface area contributed by atoms with E-state index in [0.717, 1.165) is 38.5 Å². The fourth-order valence-electron chi connectivity index (χ4n) is 8.70. The first-order valence-corrected chi connectivity index (χ1v) is 27.1. The summed E-state index contributed by atoms with van der Waals surface area (Å²) in [6.07, 6.45) is 57.2. The molecule has 0 fully saturated rings. The number of amides is 1. The molecule has 0 rings (SSSR count). The maximum absolute atomic E-state index is 12.5. The highest BCUT2D eigenvalue weighted by Crippen LogP contribution is 2.18. The van der Waals surface area contributed by atoms with Crippen LogP contribution in [0, 0.1) is 0 Å². The van der Waals surface area contributed by atoms with Crippen molar-refractivity contribution in [1.29, 1.82) is 0 Å². The number of allylic oxidation sites excluding steroid dienone is 2. The van der Waals surface area contributed by atoms with E-state index in [1.165, 1.54) is 231 Å². The molecule has 6 nitrogen and oxygen atoms in total. The number of carbonyl (C=O) groups is 1. The molecule has 0 radical (unpaired) electrons. The maximum Gasteiger partial charge on any atom is 0.249 e. The second kappa shape index (κ2) is 49.1. The van der Waals surface area contributed by atoms with Crippen molar-refractivity contribution in [1.82, 2.24) is 5.32 Å². The molecule has 0 saturated heterocycles. The number of unbranched alkanes of at least 4 members (excludes halogenated alkanes) is 39. The van der Waals surface area contributed by atoms with Gasteiger partial charge < -0.3 is 25.7 Å². The lowest BCUT2D eigenvalue weighted by atomic mass is 10.00. The van der Waals surface area contributed by atoms with Crippen LogP contribution >= 0.6 is 0 Å². The van der Waals surface area contributed by atoms with Crippen LogP contribution in [0.3, 0.4) is 0 Å². The average Bonchev–Trinajstić information content (AvgIpc) is 3.25. The molecule has 5 N–H and O–H groups in total. The third-order valence-electron chi connectivity index (χ3n) is 13.0. The average molecular weight is 850 g/mol. The molecule has 0 heterocycles. The number of aliphatic hydroxyl groups is 4. The minimum absolute atomic E-state index is 0.369. The molecule has 0 aromatic rings. The Morgan fingerprint density at radius 2 is 0.683 bits per heavy atom. The Balaban J connectivity index is 3.54. The van der Waals surface area contributed by atoms with Crippen LogP contribution in [-0.4, -0.2) is 57.3 Å². The number of rotatable bonds is 50. The van der Waals surface area contributed by atoms with Crippen molar-refractivity contribution < 1.29 is 25.2 Å². The van der Waals surface area contributed by atoms with E-state index < -0.39 is 36.9 Å². The molecule has 4 atom stereocenters. The van der Waals surface area contributed by atoms with Crippen LogP contribution in [0.25, 0.3) is 0 Å². The van der Waals surface area contributed by atoms with Gasteiger partial charge in [-0.3, -0.25) is 4.79 Å². The summed E-state index contributed by atoms with van der Waals surface area (Å²) in [5, 5.41) is 43.8.